The molecular weight excluding hydrogens is 384 g/mol. The van der Waals surface area contributed by atoms with Crippen LogP contribution in [0, 0.1) is 16.0 Å². The number of aryl methyl sites for hydroxylation is 1. The van der Waals surface area contributed by atoms with E-state index in [2.05, 4.69) is 12.1 Å². The molecule has 0 N–H and O–H groups in total. The Morgan fingerprint density at radius 1 is 1.17 bits per heavy atom. The summed E-state index contributed by atoms with van der Waals surface area (Å²) >= 11 is 0. The highest BCUT2D eigenvalue weighted by molar-refractivity contribution is 5.95. The summed E-state index contributed by atoms with van der Waals surface area (Å²) in [5, 5.41) is 11.2. The van der Waals surface area contributed by atoms with Crippen molar-refractivity contribution in [1.29, 1.82) is 0 Å². The van der Waals surface area contributed by atoms with E-state index in [0.717, 1.165) is 31.4 Å². The number of carbonyl (C=O) groups is 1. The molecule has 0 atom stereocenters. The van der Waals surface area contributed by atoms with Gasteiger partial charge in [-0.1, -0.05) is 12.1 Å². The number of likely N-dealkylation sites (tertiary alicyclic amines) is 1. The normalized spacial score (nSPS) is 14.4. The molecule has 1 aliphatic heterocycles. The molecule has 2 aromatic rings. The first-order chi connectivity index (χ1) is 14.5. The van der Waals surface area contributed by atoms with Crippen molar-refractivity contribution in [2.24, 2.45) is 5.92 Å². The van der Waals surface area contributed by atoms with E-state index in [9.17, 15) is 14.9 Å². The van der Waals surface area contributed by atoms with Gasteiger partial charge in [0.2, 0.25) is 0 Å². The Morgan fingerprint density at radius 3 is 2.47 bits per heavy atom. The Morgan fingerprint density at radius 2 is 1.87 bits per heavy atom. The van der Waals surface area contributed by atoms with Crippen molar-refractivity contribution in [2.75, 3.05) is 26.8 Å². The predicted octanol–water partition coefficient (Wildman–Crippen LogP) is 4.49. The van der Waals surface area contributed by atoms with Gasteiger partial charge < -0.3 is 14.4 Å². The van der Waals surface area contributed by atoms with Crippen LogP contribution in [-0.4, -0.2) is 42.5 Å². The average Bonchev–Trinajstić information content (AvgIpc) is 2.78. The quantitative estimate of drug-likeness (QED) is 0.471. The molecule has 0 aliphatic carbocycles. The molecule has 1 aliphatic rings. The minimum Gasteiger partial charge on any atom is -0.494 e. The maximum Gasteiger partial charge on any atom is 0.311 e. The fraction of sp³-hybridized carbons (Fsp3) is 0.435. The zero-order valence-corrected chi connectivity index (χ0v) is 17.5. The summed E-state index contributed by atoms with van der Waals surface area (Å²) < 4.78 is 10.5. The lowest BCUT2D eigenvalue weighted by Gasteiger charge is -2.32. The lowest BCUT2D eigenvalue weighted by Crippen LogP contribution is -2.38. The highest BCUT2D eigenvalue weighted by atomic mass is 16.6. The zero-order chi connectivity index (χ0) is 21.5. The van der Waals surface area contributed by atoms with Gasteiger partial charge in [0.1, 0.15) is 5.75 Å². The monoisotopic (exact) mass is 412 g/mol. The minimum atomic E-state index is -0.525. The standard InChI is InChI=1S/C23H28N2O5/c1-3-30-20-9-6-17(7-10-20)4-5-18-12-14-24(15-13-18)23(26)19-8-11-22(29-2)21(16-19)25(27)28/h6-11,16,18H,3-5,12-15H2,1-2H3. The minimum absolute atomic E-state index is 0.157. The highest BCUT2D eigenvalue weighted by Gasteiger charge is 2.25. The van der Waals surface area contributed by atoms with Gasteiger partial charge in [0, 0.05) is 24.7 Å². The molecule has 0 aromatic heterocycles. The summed E-state index contributed by atoms with van der Waals surface area (Å²) in [4.78, 5) is 25.3. The second-order valence-corrected chi connectivity index (χ2v) is 7.49. The van der Waals surface area contributed by atoms with Gasteiger partial charge in [0.25, 0.3) is 5.91 Å². The molecule has 0 saturated carbocycles. The lowest BCUT2D eigenvalue weighted by atomic mass is 9.90. The summed E-state index contributed by atoms with van der Waals surface area (Å²) in [6.45, 7) is 3.99. The van der Waals surface area contributed by atoms with Crippen molar-refractivity contribution in [1.82, 2.24) is 4.90 Å². The van der Waals surface area contributed by atoms with Crippen molar-refractivity contribution in [3.05, 3.63) is 63.7 Å². The lowest BCUT2D eigenvalue weighted by molar-refractivity contribution is -0.385. The van der Waals surface area contributed by atoms with Gasteiger partial charge >= 0.3 is 5.69 Å². The van der Waals surface area contributed by atoms with Crippen molar-refractivity contribution in [2.45, 2.75) is 32.6 Å². The molecule has 1 fully saturated rings. The van der Waals surface area contributed by atoms with E-state index < -0.39 is 4.92 Å². The molecule has 1 heterocycles. The van der Waals surface area contributed by atoms with Crippen LogP contribution >= 0.6 is 0 Å². The molecule has 0 unspecified atom stereocenters. The molecule has 160 valence electrons. The van der Waals surface area contributed by atoms with Crippen LogP contribution in [-0.2, 0) is 6.42 Å². The Kier molecular flexibility index (Phi) is 7.27. The molecule has 3 rings (SSSR count). The fourth-order valence-corrected chi connectivity index (χ4v) is 3.86. The molecule has 0 radical (unpaired) electrons. The molecule has 1 amide bonds. The van der Waals surface area contributed by atoms with Crippen LogP contribution < -0.4 is 9.47 Å². The maximum atomic E-state index is 12.8. The summed E-state index contributed by atoms with van der Waals surface area (Å²) in [5.41, 5.74) is 1.44. The molecule has 7 nitrogen and oxygen atoms in total. The van der Waals surface area contributed by atoms with Gasteiger partial charge in [-0.15, -0.1) is 0 Å². The van der Waals surface area contributed by atoms with Gasteiger partial charge in [-0.2, -0.15) is 0 Å². The van der Waals surface area contributed by atoms with Crippen molar-refractivity contribution in [3.63, 3.8) is 0 Å². The third kappa shape index (κ3) is 5.28. The Labute approximate surface area is 176 Å². The second kappa shape index (κ2) is 10.1. The molecule has 1 saturated heterocycles. The van der Waals surface area contributed by atoms with Crippen LogP contribution in [0.1, 0.15) is 42.1 Å². The summed E-state index contributed by atoms with van der Waals surface area (Å²) in [5.74, 6) is 1.47. The Hall–Kier alpha value is -3.09. The average molecular weight is 412 g/mol. The number of nitro groups is 1. The van der Waals surface area contributed by atoms with Crippen molar-refractivity contribution in [3.8, 4) is 11.5 Å². The number of ether oxygens (including phenoxy) is 2. The molecule has 2 aromatic carbocycles. The number of hydrogen-bond acceptors (Lipinski definition) is 5. The number of carbonyl (C=O) groups excluding carboxylic acids is 1. The molecule has 0 bridgehead atoms. The molecular formula is C23H28N2O5. The molecule has 30 heavy (non-hydrogen) atoms. The molecule has 0 spiro atoms. The van der Waals surface area contributed by atoms with Gasteiger partial charge in [-0.3, -0.25) is 14.9 Å². The SMILES string of the molecule is CCOc1ccc(CCC2CCN(C(=O)c3ccc(OC)c([N+](=O)[O-])c3)CC2)cc1. The van der Waals surface area contributed by atoms with Crippen LogP contribution in [0.5, 0.6) is 11.5 Å². The third-order valence-corrected chi connectivity index (χ3v) is 5.60. The van der Waals surface area contributed by atoms with E-state index in [1.165, 1.54) is 24.8 Å². The number of piperidine rings is 1. The van der Waals surface area contributed by atoms with Crippen LogP contribution in [0.4, 0.5) is 5.69 Å². The number of rotatable bonds is 8. The summed E-state index contributed by atoms with van der Waals surface area (Å²) in [6.07, 6.45) is 3.99. The Bertz CT molecular complexity index is 874. The second-order valence-electron chi connectivity index (χ2n) is 7.49. The first-order valence-corrected chi connectivity index (χ1v) is 10.3. The molecule has 7 heteroatoms. The number of nitrogens with zero attached hydrogens (tertiary/aromatic N) is 2. The number of methoxy groups -OCH3 is 1. The van der Waals surface area contributed by atoms with E-state index >= 15 is 0 Å². The van der Waals surface area contributed by atoms with Gasteiger partial charge in [-0.05, 0) is 68.4 Å². The first kappa shape index (κ1) is 21.6. The summed E-state index contributed by atoms with van der Waals surface area (Å²) in [6, 6.07) is 12.6. The number of hydrogen-bond donors (Lipinski definition) is 0. The number of nitro benzene ring substituents is 1. The Balaban J connectivity index is 1.52. The van der Waals surface area contributed by atoms with Gasteiger partial charge in [0.15, 0.2) is 5.75 Å². The number of amides is 1. The van der Waals surface area contributed by atoms with E-state index in [-0.39, 0.29) is 17.3 Å². The fourth-order valence-electron chi connectivity index (χ4n) is 3.86. The maximum absolute atomic E-state index is 12.8. The van der Waals surface area contributed by atoms with E-state index in [1.54, 1.807) is 11.0 Å². The van der Waals surface area contributed by atoms with E-state index in [4.69, 9.17) is 9.47 Å². The number of benzene rings is 2. The highest BCUT2D eigenvalue weighted by Crippen LogP contribution is 2.29. The van der Waals surface area contributed by atoms with E-state index in [1.807, 2.05) is 19.1 Å². The summed E-state index contributed by atoms with van der Waals surface area (Å²) in [7, 11) is 1.38. The van der Waals surface area contributed by atoms with Crippen molar-refractivity contribution < 1.29 is 19.2 Å². The predicted molar refractivity (Wildman–Crippen MR) is 114 cm³/mol. The van der Waals surface area contributed by atoms with Gasteiger partial charge in [-0.25, -0.2) is 0 Å². The van der Waals surface area contributed by atoms with Crippen LogP contribution in [0.2, 0.25) is 0 Å². The smallest absolute Gasteiger partial charge is 0.311 e. The van der Waals surface area contributed by atoms with Gasteiger partial charge in [0.05, 0.1) is 18.6 Å². The van der Waals surface area contributed by atoms with Crippen LogP contribution in [0.25, 0.3) is 0 Å². The van der Waals surface area contributed by atoms with E-state index in [0.29, 0.717) is 31.2 Å². The van der Waals surface area contributed by atoms with Crippen LogP contribution in [0.15, 0.2) is 42.5 Å². The van der Waals surface area contributed by atoms with Crippen LogP contribution in [0.3, 0.4) is 0 Å². The van der Waals surface area contributed by atoms with Crippen molar-refractivity contribution >= 4 is 11.6 Å². The third-order valence-electron chi connectivity index (χ3n) is 5.60. The largest absolute Gasteiger partial charge is 0.494 e. The first-order valence-electron chi connectivity index (χ1n) is 10.3. The zero-order valence-electron chi connectivity index (χ0n) is 17.5. The topological polar surface area (TPSA) is 81.9 Å².